The monoisotopic (exact) mass is 302 g/mol. The Kier molecular flexibility index (Phi) is 3.71. The van der Waals surface area contributed by atoms with Gasteiger partial charge >= 0.3 is 0 Å². The molecule has 116 valence electrons. The van der Waals surface area contributed by atoms with Gasteiger partial charge in [0.05, 0.1) is 20.8 Å². The first-order chi connectivity index (χ1) is 10.6. The van der Waals surface area contributed by atoms with Crippen LogP contribution in [0.5, 0.6) is 28.7 Å². The maximum atomic E-state index is 10.0. The minimum absolute atomic E-state index is 0.0649. The summed E-state index contributed by atoms with van der Waals surface area (Å²) in [5, 5.41) is 19.8. The van der Waals surface area contributed by atoms with E-state index < -0.39 is 0 Å². The summed E-state index contributed by atoms with van der Waals surface area (Å²) in [7, 11) is 3.03. The Morgan fingerprint density at radius 1 is 1.00 bits per heavy atom. The number of benzene rings is 2. The second-order valence-electron chi connectivity index (χ2n) is 5.18. The summed E-state index contributed by atoms with van der Waals surface area (Å²) in [6.07, 6.45) is 0.784. The van der Waals surface area contributed by atoms with E-state index in [1.165, 1.54) is 14.2 Å². The predicted octanol–water partition coefficient (Wildman–Crippen LogP) is 3.03. The molecule has 0 aromatic heterocycles. The van der Waals surface area contributed by atoms with Gasteiger partial charge in [-0.15, -0.1) is 0 Å². The summed E-state index contributed by atoms with van der Waals surface area (Å²) in [4.78, 5) is 0. The summed E-state index contributed by atoms with van der Waals surface area (Å²) < 4.78 is 16.0. The third kappa shape index (κ3) is 2.39. The number of hydrogen-bond donors (Lipinski definition) is 2. The summed E-state index contributed by atoms with van der Waals surface area (Å²) in [5.41, 5.74) is 1.90. The molecule has 0 saturated carbocycles. The lowest BCUT2D eigenvalue weighted by Crippen LogP contribution is -2.15. The van der Waals surface area contributed by atoms with Crippen LogP contribution >= 0.6 is 0 Å². The van der Waals surface area contributed by atoms with Crippen molar-refractivity contribution >= 4 is 0 Å². The molecule has 5 nitrogen and oxygen atoms in total. The fraction of sp³-hybridized carbons (Fsp3) is 0.294. The van der Waals surface area contributed by atoms with Gasteiger partial charge in [0.2, 0.25) is 0 Å². The van der Waals surface area contributed by atoms with Crippen molar-refractivity contribution < 1.29 is 24.4 Å². The molecule has 0 unspecified atom stereocenters. The van der Waals surface area contributed by atoms with Gasteiger partial charge in [-0.3, -0.25) is 0 Å². The molecule has 0 amide bonds. The Hall–Kier alpha value is -2.56. The average Bonchev–Trinajstić information content (AvgIpc) is 2.54. The molecular formula is C17H18O5. The van der Waals surface area contributed by atoms with Crippen molar-refractivity contribution in [2.75, 3.05) is 20.8 Å². The third-order valence-electron chi connectivity index (χ3n) is 3.96. The average molecular weight is 302 g/mol. The van der Waals surface area contributed by atoms with Gasteiger partial charge in [-0.05, 0) is 30.2 Å². The van der Waals surface area contributed by atoms with Crippen molar-refractivity contribution in [2.45, 2.75) is 12.3 Å². The highest BCUT2D eigenvalue weighted by Gasteiger charge is 2.26. The van der Waals surface area contributed by atoms with Crippen LogP contribution in [0, 0.1) is 0 Å². The molecule has 22 heavy (non-hydrogen) atoms. The summed E-state index contributed by atoms with van der Waals surface area (Å²) in [6.45, 7) is 0.578. The minimum atomic E-state index is 0.0649. The van der Waals surface area contributed by atoms with Gasteiger partial charge in [0.15, 0.2) is 23.0 Å². The molecule has 1 atom stereocenters. The fourth-order valence-electron chi connectivity index (χ4n) is 2.83. The molecule has 2 aromatic rings. The van der Waals surface area contributed by atoms with Crippen LogP contribution in [0.25, 0.3) is 0 Å². The lowest BCUT2D eigenvalue weighted by Gasteiger charge is -2.27. The maximum Gasteiger partial charge on any atom is 0.164 e. The van der Waals surface area contributed by atoms with E-state index in [4.69, 9.17) is 14.2 Å². The molecule has 1 aliphatic rings. The zero-order valence-electron chi connectivity index (χ0n) is 12.5. The summed E-state index contributed by atoms with van der Waals surface area (Å²) in [6, 6.07) is 8.67. The Morgan fingerprint density at radius 3 is 2.45 bits per heavy atom. The van der Waals surface area contributed by atoms with E-state index in [1.807, 2.05) is 12.1 Å². The highest BCUT2D eigenvalue weighted by Crippen LogP contribution is 2.44. The molecular weight excluding hydrogens is 284 g/mol. The van der Waals surface area contributed by atoms with Crippen molar-refractivity contribution in [3.8, 4) is 28.7 Å². The van der Waals surface area contributed by atoms with Gasteiger partial charge < -0.3 is 24.4 Å². The molecule has 0 bridgehead atoms. The number of ether oxygens (including phenoxy) is 3. The predicted molar refractivity (Wildman–Crippen MR) is 81.3 cm³/mol. The molecule has 3 rings (SSSR count). The molecule has 1 aliphatic heterocycles. The lowest BCUT2D eigenvalue weighted by atomic mass is 9.86. The molecule has 0 spiro atoms. The van der Waals surface area contributed by atoms with Crippen LogP contribution in [0.1, 0.15) is 23.5 Å². The molecule has 5 heteroatoms. The Bertz CT molecular complexity index is 696. The van der Waals surface area contributed by atoms with Gasteiger partial charge in [0.1, 0.15) is 5.75 Å². The van der Waals surface area contributed by atoms with Crippen molar-refractivity contribution in [3.63, 3.8) is 0 Å². The Morgan fingerprint density at radius 2 is 1.73 bits per heavy atom. The lowest BCUT2D eigenvalue weighted by molar-refractivity contribution is 0.272. The zero-order chi connectivity index (χ0) is 15.7. The van der Waals surface area contributed by atoms with Crippen LogP contribution in [0.15, 0.2) is 30.3 Å². The van der Waals surface area contributed by atoms with Gasteiger partial charge in [-0.2, -0.15) is 0 Å². The number of methoxy groups -OCH3 is 2. The second-order valence-corrected chi connectivity index (χ2v) is 5.18. The molecule has 1 heterocycles. The van der Waals surface area contributed by atoms with Crippen LogP contribution in [0.4, 0.5) is 0 Å². The molecule has 0 fully saturated rings. The molecule has 2 N–H and O–H groups in total. The normalized spacial score (nSPS) is 16.5. The van der Waals surface area contributed by atoms with Crippen LogP contribution in [-0.4, -0.2) is 31.0 Å². The Balaban J connectivity index is 2.06. The SMILES string of the molecule is COc1cc([C@@H]2CCOc3cc(OC)c(O)cc32)ccc1O. The van der Waals surface area contributed by atoms with Crippen molar-refractivity contribution in [2.24, 2.45) is 0 Å². The smallest absolute Gasteiger partial charge is 0.164 e. The fourth-order valence-corrected chi connectivity index (χ4v) is 2.83. The van der Waals surface area contributed by atoms with E-state index >= 15 is 0 Å². The third-order valence-corrected chi connectivity index (χ3v) is 3.96. The molecule has 2 aromatic carbocycles. The van der Waals surface area contributed by atoms with Crippen LogP contribution in [-0.2, 0) is 0 Å². The largest absolute Gasteiger partial charge is 0.504 e. The first kappa shape index (κ1) is 14.4. The highest BCUT2D eigenvalue weighted by atomic mass is 16.5. The highest BCUT2D eigenvalue weighted by molar-refractivity contribution is 5.55. The number of phenolic OH excluding ortho intramolecular Hbond substituents is 2. The number of aromatic hydroxyl groups is 2. The van der Waals surface area contributed by atoms with Gasteiger partial charge in [0.25, 0.3) is 0 Å². The standard InChI is InChI=1S/C17H18O5/c1-20-16-7-10(3-4-13(16)18)11-5-6-22-15-9-17(21-2)14(19)8-12(11)15/h3-4,7-9,11,18-19H,5-6H2,1-2H3/t11-/m0/s1. The minimum Gasteiger partial charge on any atom is -0.504 e. The van der Waals surface area contributed by atoms with E-state index in [9.17, 15) is 10.2 Å². The van der Waals surface area contributed by atoms with Crippen molar-refractivity contribution in [3.05, 3.63) is 41.5 Å². The zero-order valence-corrected chi connectivity index (χ0v) is 12.5. The molecule has 0 radical (unpaired) electrons. The van der Waals surface area contributed by atoms with Crippen LogP contribution in [0.3, 0.4) is 0 Å². The van der Waals surface area contributed by atoms with E-state index in [1.54, 1.807) is 18.2 Å². The topological polar surface area (TPSA) is 68.2 Å². The quantitative estimate of drug-likeness (QED) is 0.912. The maximum absolute atomic E-state index is 10.0. The van der Waals surface area contributed by atoms with Crippen LogP contribution < -0.4 is 14.2 Å². The number of rotatable bonds is 3. The van der Waals surface area contributed by atoms with Crippen molar-refractivity contribution in [1.82, 2.24) is 0 Å². The van der Waals surface area contributed by atoms with E-state index in [-0.39, 0.29) is 17.4 Å². The van der Waals surface area contributed by atoms with E-state index in [0.29, 0.717) is 23.9 Å². The first-order valence-electron chi connectivity index (χ1n) is 7.04. The Labute approximate surface area is 128 Å². The number of fused-ring (bicyclic) bond motifs is 1. The second kappa shape index (κ2) is 5.67. The number of hydrogen-bond acceptors (Lipinski definition) is 5. The van der Waals surface area contributed by atoms with E-state index in [2.05, 4.69) is 0 Å². The molecule has 0 aliphatic carbocycles. The van der Waals surface area contributed by atoms with E-state index in [0.717, 1.165) is 17.5 Å². The number of phenols is 2. The van der Waals surface area contributed by atoms with Crippen LogP contribution in [0.2, 0.25) is 0 Å². The van der Waals surface area contributed by atoms with Gasteiger partial charge in [-0.1, -0.05) is 6.07 Å². The van der Waals surface area contributed by atoms with Gasteiger partial charge in [-0.25, -0.2) is 0 Å². The van der Waals surface area contributed by atoms with Crippen molar-refractivity contribution in [1.29, 1.82) is 0 Å². The van der Waals surface area contributed by atoms with Gasteiger partial charge in [0, 0.05) is 17.5 Å². The molecule has 0 saturated heterocycles. The summed E-state index contributed by atoms with van der Waals surface area (Å²) >= 11 is 0. The summed E-state index contributed by atoms with van der Waals surface area (Å²) in [5.74, 6) is 1.79. The first-order valence-corrected chi connectivity index (χ1v) is 7.04.